The highest BCUT2D eigenvalue weighted by Crippen LogP contribution is 2.37. The number of alkyl carbamates (subject to hydrolysis) is 1. The summed E-state index contributed by atoms with van der Waals surface area (Å²) in [5, 5.41) is 9.79. The average molecular weight is 604 g/mol. The molecular formula is C28H38ClN7O4S. The van der Waals surface area contributed by atoms with Crippen molar-refractivity contribution in [2.24, 2.45) is 5.41 Å². The Morgan fingerprint density at radius 1 is 1.17 bits per heavy atom. The van der Waals surface area contributed by atoms with Crippen LogP contribution in [-0.4, -0.2) is 84.2 Å². The minimum Gasteiger partial charge on any atom is -0.444 e. The van der Waals surface area contributed by atoms with Crippen LogP contribution in [0.2, 0.25) is 5.02 Å². The van der Waals surface area contributed by atoms with E-state index in [0.29, 0.717) is 35.4 Å². The van der Waals surface area contributed by atoms with Gasteiger partial charge in [0.2, 0.25) is 11.8 Å². The molecule has 0 atom stereocenters. The number of piperazine rings is 1. The zero-order chi connectivity index (χ0) is 29.6. The Hall–Kier alpha value is -3.09. The number of hydrogen-bond acceptors (Lipinski definition) is 9. The molecule has 2 fully saturated rings. The second kappa shape index (κ2) is 13.3. The van der Waals surface area contributed by atoms with Crippen molar-refractivity contribution in [2.45, 2.75) is 56.1 Å². The molecule has 0 aliphatic carbocycles. The number of benzene rings is 1. The van der Waals surface area contributed by atoms with Crippen LogP contribution in [0, 0.1) is 5.41 Å². The minimum atomic E-state index is -0.519. The highest BCUT2D eigenvalue weighted by Gasteiger charge is 2.32. The van der Waals surface area contributed by atoms with Crippen LogP contribution in [-0.2, 0) is 14.3 Å². The summed E-state index contributed by atoms with van der Waals surface area (Å²) in [6.07, 6.45) is 4.89. The van der Waals surface area contributed by atoms with E-state index >= 15 is 0 Å². The van der Waals surface area contributed by atoms with Gasteiger partial charge in [0, 0.05) is 37.6 Å². The summed E-state index contributed by atoms with van der Waals surface area (Å²) in [6, 6.07) is 5.39. The van der Waals surface area contributed by atoms with Crippen molar-refractivity contribution in [3.05, 3.63) is 35.6 Å². The first kappa shape index (κ1) is 30.9. The van der Waals surface area contributed by atoms with Gasteiger partial charge in [-0.3, -0.25) is 9.59 Å². The second-order valence-electron chi connectivity index (χ2n) is 11.6. The molecule has 3 N–H and O–H groups in total. The van der Waals surface area contributed by atoms with Crippen LogP contribution >= 0.6 is 23.4 Å². The van der Waals surface area contributed by atoms with E-state index in [0.717, 1.165) is 36.6 Å². The first-order valence-corrected chi connectivity index (χ1v) is 14.9. The van der Waals surface area contributed by atoms with Crippen LogP contribution in [0.3, 0.4) is 0 Å². The monoisotopic (exact) mass is 603 g/mol. The molecule has 0 bridgehead atoms. The highest BCUT2D eigenvalue weighted by atomic mass is 35.5. The molecule has 11 nitrogen and oxygen atoms in total. The van der Waals surface area contributed by atoms with Crippen LogP contribution in [0.1, 0.15) is 40.5 Å². The van der Waals surface area contributed by atoms with Gasteiger partial charge in [0.15, 0.2) is 0 Å². The van der Waals surface area contributed by atoms with E-state index in [2.05, 4.69) is 37.7 Å². The number of aromatic nitrogens is 2. The summed E-state index contributed by atoms with van der Waals surface area (Å²) in [5.74, 6) is 0.398. The number of nitrogens with one attached hydrogen (secondary N) is 3. The quantitative estimate of drug-likeness (QED) is 0.413. The lowest BCUT2D eigenvalue weighted by molar-refractivity contribution is -0.135. The topological polar surface area (TPSA) is 129 Å². The van der Waals surface area contributed by atoms with Crippen LogP contribution in [0.5, 0.6) is 0 Å². The Bertz CT molecular complexity index is 1250. The Kier molecular flexibility index (Phi) is 9.98. The minimum absolute atomic E-state index is 0.0168. The van der Waals surface area contributed by atoms with E-state index in [1.54, 1.807) is 18.5 Å². The maximum atomic E-state index is 12.6. The maximum absolute atomic E-state index is 12.6. The number of anilines is 2. The molecule has 1 aromatic heterocycles. The molecule has 4 rings (SSSR count). The van der Waals surface area contributed by atoms with Crippen LogP contribution < -0.4 is 20.9 Å². The molecule has 1 aromatic carbocycles. The Morgan fingerprint density at radius 2 is 1.93 bits per heavy atom. The predicted octanol–water partition coefficient (Wildman–Crippen LogP) is 3.78. The van der Waals surface area contributed by atoms with E-state index in [9.17, 15) is 14.4 Å². The van der Waals surface area contributed by atoms with Gasteiger partial charge in [0.1, 0.15) is 16.4 Å². The molecule has 0 saturated carbocycles. The SMILES string of the molecule is CC1(CNC(=O)OC(C)(C)C)CCN(c2cnc(Sc3cccc(NC(=O)CN4CCNCC4=O)c3Cl)cn2)CC1. The largest absolute Gasteiger partial charge is 0.444 e. The van der Waals surface area contributed by atoms with E-state index in [1.165, 1.54) is 16.7 Å². The van der Waals surface area contributed by atoms with Gasteiger partial charge in [-0.1, -0.05) is 36.4 Å². The Balaban J connectivity index is 1.29. The van der Waals surface area contributed by atoms with Gasteiger partial charge in [-0.15, -0.1) is 0 Å². The van der Waals surface area contributed by atoms with Crippen molar-refractivity contribution in [3.8, 4) is 0 Å². The number of rotatable bonds is 8. The third-order valence-corrected chi connectivity index (χ3v) is 8.44. The summed E-state index contributed by atoms with van der Waals surface area (Å²) in [7, 11) is 0. The molecule has 2 aliphatic heterocycles. The molecule has 222 valence electrons. The molecule has 0 spiro atoms. The van der Waals surface area contributed by atoms with E-state index in [4.69, 9.17) is 16.3 Å². The van der Waals surface area contributed by atoms with Gasteiger partial charge < -0.3 is 30.5 Å². The van der Waals surface area contributed by atoms with Crippen LogP contribution in [0.4, 0.5) is 16.3 Å². The third kappa shape index (κ3) is 8.95. The van der Waals surface area contributed by atoms with Crippen molar-refractivity contribution in [3.63, 3.8) is 0 Å². The molecule has 2 aliphatic rings. The molecular weight excluding hydrogens is 566 g/mol. The van der Waals surface area contributed by atoms with Crippen molar-refractivity contribution in [2.75, 3.05) is 56.0 Å². The number of amides is 3. The standard InChI is InChI=1S/C28H38ClN7O4S/c1-27(2,3)40-26(39)33-18-28(4)8-11-35(12-9-28)21-14-32-23(15-31-21)41-20-7-5-6-19(25(20)29)34-22(37)17-36-13-10-30-16-24(36)38/h5-7,14-15,30H,8-13,16-18H2,1-4H3,(H,33,39)(H,34,37). The lowest BCUT2D eigenvalue weighted by atomic mass is 9.80. The summed E-state index contributed by atoms with van der Waals surface area (Å²) in [4.78, 5) is 50.2. The van der Waals surface area contributed by atoms with E-state index in [1.807, 2.05) is 32.9 Å². The Morgan fingerprint density at radius 3 is 2.59 bits per heavy atom. The Labute approximate surface area is 250 Å². The number of halogens is 1. The molecule has 2 saturated heterocycles. The number of hydrogen-bond donors (Lipinski definition) is 3. The fourth-order valence-electron chi connectivity index (χ4n) is 4.55. The summed E-state index contributed by atoms with van der Waals surface area (Å²) < 4.78 is 5.36. The zero-order valence-corrected chi connectivity index (χ0v) is 25.5. The summed E-state index contributed by atoms with van der Waals surface area (Å²) >= 11 is 7.97. The predicted molar refractivity (Wildman–Crippen MR) is 159 cm³/mol. The van der Waals surface area contributed by atoms with Crippen molar-refractivity contribution in [1.82, 2.24) is 25.5 Å². The summed E-state index contributed by atoms with van der Waals surface area (Å²) in [5.41, 5.74) is -0.0602. The number of carbonyl (C=O) groups excluding carboxylic acids is 3. The lowest BCUT2D eigenvalue weighted by Crippen LogP contribution is -2.50. The first-order chi connectivity index (χ1) is 19.4. The van der Waals surface area contributed by atoms with E-state index in [-0.39, 0.29) is 36.4 Å². The number of ether oxygens (including phenoxy) is 1. The van der Waals surface area contributed by atoms with Gasteiger partial charge in [0.25, 0.3) is 0 Å². The lowest BCUT2D eigenvalue weighted by Gasteiger charge is -2.40. The molecule has 0 unspecified atom stereocenters. The zero-order valence-electron chi connectivity index (χ0n) is 24.0. The molecule has 2 aromatic rings. The molecule has 0 radical (unpaired) electrons. The first-order valence-electron chi connectivity index (χ1n) is 13.7. The average Bonchev–Trinajstić information content (AvgIpc) is 2.91. The van der Waals surface area contributed by atoms with Gasteiger partial charge in [0.05, 0.1) is 36.2 Å². The number of piperidine rings is 1. The van der Waals surface area contributed by atoms with Crippen molar-refractivity contribution < 1.29 is 19.1 Å². The van der Waals surface area contributed by atoms with Gasteiger partial charge in [-0.2, -0.15) is 0 Å². The molecule has 3 amide bonds. The second-order valence-corrected chi connectivity index (χ2v) is 13.1. The van der Waals surface area contributed by atoms with E-state index < -0.39 is 5.60 Å². The number of carbonyl (C=O) groups is 3. The molecule has 13 heteroatoms. The maximum Gasteiger partial charge on any atom is 0.407 e. The third-order valence-electron chi connectivity index (χ3n) is 6.94. The molecule has 41 heavy (non-hydrogen) atoms. The van der Waals surface area contributed by atoms with Gasteiger partial charge >= 0.3 is 6.09 Å². The van der Waals surface area contributed by atoms with Crippen LogP contribution in [0.25, 0.3) is 0 Å². The molecule has 3 heterocycles. The number of nitrogens with zero attached hydrogens (tertiary/aromatic N) is 4. The fraction of sp³-hybridized carbons (Fsp3) is 0.536. The van der Waals surface area contributed by atoms with Crippen LogP contribution in [0.15, 0.2) is 40.5 Å². The van der Waals surface area contributed by atoms with Gasteiger partial charge in [-0.05, 0) is 51.2 Å². The fourth-order valence-corrected chi connectivity index (χ4v) is 5.62. The van der Waals surface area contributed by atoms with Crippen molar-refractivity contribution >= 4 is 52.8 Å². The smallest absolute Gasteiger partial charge is 0.407 e. The normalized spacial score (nSPS) is 17.2. The highest BCUT2D eigenvalue weighted by molar-refractivity contribution is 7.99. The van der Waals surface area contributed by atoms with Crippen molar-refractivity contribution in [1.29, 1.82) is 0 Å². The summed E-state index contributed by atoms with van der Waals surface area (Å²) in [6.45, 7) is 11.3. The van der Waals surface area contributed by atoms with Gasteiger partial charge in [-0.25, -0.2) is 14.8 Å².